The molecular weight excluding hydrogens is 278 g/mol. The first-order valence-corrected chi connectivity index (χ1v) is 8.26. The first-order chi connectivity index (χ1) is 9.48. The maximum Gasteiger partial charge on any atom is 0.246 e. The van der Waals surface area contributed by atoms with Crippen molar-refractivity contribution >= 4 is 16.0 Å². The molecule has 0 bridgehead atoms. The summed E-state index contributed by atoms with van der Waals surface area (Å²) in [6.45, 7) is 4.37. The van der Waals surface area contributed by atoms with Crippen LogP contribution in [-0.2, 0) is 10.0 Å². The van der Waals surface area contributed by atoms with Gasteiger partial charge in [-0.1, -0.05) is 0 Å². The Labute approximate surface area is 118 Å². The molecule has 2 unspecified atom stereocenters. The molecule has 7 nitrogen and oxygen atoms in total. The largest absolute Gasteiger partial charge is 0.368 e. The number of sulfonamides is 1. The quantitative estimate of drug-likeness (QED) is 0.820. The van der Waals surface area contributed by atoms with Gasteiger partial charge in [-0.25, -0.2) is 18.4 Å². The number of hydrogen-bond acceptors (Lipinski definition) is 6. The van der Waals surface area contributed by atoms with E-state index in [2.05, 4.69) is 14.9 Å². The second kappa shape index (κ2) is 4.94. The van der Waals surface area contributed by atoms with E-state index in [1.165, 1.54) is 12.4 Å². The molecule has 2 aliphatic rings. The summed E-state index contributed by atoms with van der Waals surface area (Å²) in [6, 6.07) is 0.308. The molecule has 3 rings (SSSR count). The Hall–Kier alpha value is -1.25. The Morgan fingerprint density at radius 2 is 2.00 bits per heavy atom. The van der Waals surface area contributed by atoms with Crippen molar-refractivity contribution in [3.05, 3.63) is 12.4 Å². The zero-order valence-electron chi connectivity index (χ0n) is 11.4. The van der Waals surface area contributed by atoms with Crippen LogP contribution in [0.1, 0.15) is 19.8 Å². The number of nitrogen functional groups attached to an aromatic ring is 1. The van der Waals surface area contributed by atoms with Gasteiger partial charge in [-0.05, 0) is 26.3 Å². The number of aromatic nitrogens is 2. The zero-order valence-corrected chi connectivity index (χ0v) is 12.3. The molecule has 0 amide bonds. The summed E-state index contributed by atoms with van der Waals surface area (Å²) in [5, 5.41) is 0. The van der Waals surface area contributed by atoms with Crippen molar-refractivity contribution < 1.29 is 8.42 Å². The summed E-state index contributed by atoms with van der Waals surface area (Å²) >= 11 is 0. The fourth-order valence-corrected chi connectivity index (χ4v) is 4.64. The van der Waals surface area contributed by atoms with Gasteiger partial charge in [-0.3, -0.25) is 4.90 Å². The number of piperazine rings is 1. The van der Waals surface area contributed by atoms with Crippen LogP contribution in [0.3, 0.4) is 0 Å². The monoisotopic (exact) mass is 297 g/mol. The van der Waals surface area contributed by atoms with E-state index in [4.69, 9.17) is 5.73 Å². The molecule has 2 atom stereocenters. The number of nitrogens with two attached hydrogens (primary N) is 1. The van der Waals surface area contributed by atoms with Gasteiger partial charge < -0.3 is 5.73 Å². The first-order valence-electron chi connectivity index (χ1n) is 6.82. The van der Waals surface area contributed by atoms with Crippen LogP contribution in [0.25, 0.3) is 0 Å². The van der Waals surface area contributed by atoms with E-state index in [-0.39, 0.29) is 16.9 Å². The van der Waals surface area contributed by atoms with Gasteiger partial charge >= 0.3 is 0 Å². The molecule has 3 heterocycles. The summed E-state index contributed by atoms with van der Waals surface area (Å²) in [6.07, 6.45) is 4.78. The van der Waals surface area contributed by atoms with E-state index in [1.807, 2.05) is 6.92 Å². The minimum Gasteiger partial charge on any atom is -0.368 e. The second-order valence-electron chi connectivity index (χ2n) is 5.49. The normalized spacial score (nSPS) is 28.4. The van der Waals surface area contributed by atoms with Crippen LogP contribution in [0.15, 0.2) is 17.3 Å². The fraction of sp³-hybridized carbons (Fsp3) is 0.667. The predicted molar refractivity (Wildman–Crippen MR) is 74.4 cm³/mol. The lowest BCUT2D eigenvalue weighted by molar-refractivity contribution is 0.117. The second-order valence-corrected chi connectivity index (χ2v) is 7.38. The molecule has 0 saturated carbocycles. The lowest BCUT2D eigenvalue weighted by Gasteiger charge is -2.41. The van der Waals surface area contributed by atoms with Crippen LogP contribution < -0.4 is 5.73 Å². The van der Waals surface area contributed by atoms with Crippen LogP contribution in [0.5, 0.6) is 0 Å². The van der Waals surface area contributed by atoms with Crippen molar-refractivity contribution in [2.75, 3.05) is 25.4 Å². The van der Waals surface area contributed by atoms with E-state index in [9.17, 15) is 8.42 Å². The molecule has 20 heavy (non-hydrogen) atoms. The van der Waals surface area contributed by atoms with E-state index < -0.39 is 10.0 Å². The standard InChI is InChI=1S/C12H19N5O2S/c1-9-7-16-4-2-3-10(16)8-17(9)20(18,19)11-5-14-12(13)15-6-11/h5-6,9-10H,2-4,7-8H2,1H3,(H2,13,14,15). The van der Waals surface area contributed by atoms with Crippen LogP contribution in [0, 0.1) is 0 Å². The van der Waals surface area contributed by atoms with Crippen molar-refractivity contribution in [3.63, 3.8) is 0 Å². The highest BCUT2D eigenvalue weighted by Gasteiger charge is 2.40. The predicted octanol–water partition coefficient (Wildman–Crippen LogP) is -0.0840. The van der Waals surface area contributed by atoms with Crippen molar-refractivity contribution in [1.29, 1.82) is 0 Å². The smallest absolute Gasteiger partial charge is 0.246 e. The maximum atomic E-state index is 12.7. The minimum atomic E-state index is -3.54. The van der Waals surface area contributed by atoms with Crippen LogP contribution in [0.2, 0.25) is 0 Å². The lowest BCUT2D eigenvalue weighted by Crippen LogP contribution is -2.56. The zero-order chi connectivity index (χ0) is 14.3. The third kappa shape index (κ3) is 2.27. The number of hydrogen-bond donors (Lipinski definition) is 1. The van der Waals surface area contributed by atoms with Crippen LogP contribution in [-0.4, -0.2) is 59.3 Å². The number of nitrogens with zero attached hydrogens (tertiary/aromatic N) is 4. The fourth-order valence-electron chi connectivity index (χ4n) is 3.09. The summed E-state index contributed by atoms with van der Waals surface area (Å²) < 4.78 is 26.9. The Kier molecular flexibility index (Phi) is 3.39. The molecule has 2 aliphatic heterocycles. The highest BCUT2D eigenvalue weighted by atomic mass is 32.2. The third-order valence-electron chi connectivity index (χ3n) is 4.13. The molecule has 1 aromatic heterocycles. The molecule has 0 radical (unpaired) electrons. The van der Waals surface area contributed by atoms with Crippen LogP contribution >= 0.6 is 0 Å². The van der Waals surface area contributed by atoms with Gasteiger partial charge in [0, 0.05) is 25.2 Å². The lowest BCUT2D eigenvalue weighted by atomic mass is 10.1. The molecule has 0 spiro atoms. The van der Waals surface area contributed by atoms with Crippen molar-refractivity contribution in [1.82, 2.24) is 19.2 Å². The van der Waals surface area contributed by atoms with E-state index in [1.54, 1.807) is 4.31 Å². The average molecular weight is 297 g/mol. The van der Waals surface area contributed by atoms with Crippen molar-refractivity contribution in [2.45, 2.75) is 36.7 Å². The molecule has 110 valence electrons. The van der Waals surface area contributed by atoms with Gasteiger partial charge in [0.15, 0.2) is 0 Å². The Morgan fingerprint density at radius 1 is 1.30 bits per heavy atom. The van der Waals surface area contributed by atoms with E-state index >= 15 is 0 Å². The third-order valence-corrected chi connectivity index (χ3v) is 6.07. The van der Waals surface area contributed by atoms with E-state index in [0.29, 0.717) is 12.6 Å². The molecule has 8 heteroatoms. The Morgan fingerprint density at radius 3 is 2.70 bits per heavy atom. The summed E-state index contributed by atoms with van der Waals surface area (Å²) in [4.78, 5) is 10.1. The van der Waals surface area contributed by atoms with Gasteiger partial charge in [-0.2, -0.15) is 4.31 Å². The Bertz CT molecular complexity index is 588. The highest BCUT2D eigenvalue weighted by molar-refractivity contribution is 7.89. The molecule has 0 aliphatic carbocycles. The Balaban J connectivity index is 1.88. The van der Waals surface area contributed by atoms with E-state index in [0.717, 1.165) is 25.9 Å². The topological polar surface area (TPSA) is 92.4 Å². The molecule has 1 aromatic rings. The number of anilines is 1. The van der Waals surface area contributed by atoms with Gasteiger partial charge in [-0.15, -0.1) is 0 Å². The molecule has 2 N–H and O–H groups in total. The van der Waals surface area contributed by atoms with Gasteiger partial charge in [0.2, 0.25) is 16.0 Å². The SMILES string of the molecule is CC1CN2CCCC2CN1S(=O)(=O)c1cnc(N)nc1. The number of fused-ring (bicyclic) bond motifs is 1. The van der Waals surface area contributed by atoms with Crippen molar-refractivity contribution in [3.8, 4) is 0 Å². The number of rotatable bonds is 2. The van der Waals surface area contributed by atoms with Gasteiger partial charge in [0.1, 0.15) is 4.90 Å². The molecule has 0 aromatic carbocycles. The summed E-state index contributed by atoms with van der Waals surface area (Å²) in [7, 11) is -3.54. The first kappa shape index (κ1) is 13.7. The minimum absolute atomic E-state index is 0.0353. The molecule has 2 fully saturated rings. The highest BCUT2D eigenvalue weighted by Crippen LogP contribution is 2.28. The molecule has 2 saturated heterocycles. The maximum absolute atomic E-state index is 12.7. The van der Waals surface area contributed by atoms with Gasteiger partial charge in [0.25, 0.3) is 0 Å². The average Bonchev–Trinajstić information content (AvgIpc) is 2.85. The summed E-state index contributed by atoms with van der Waals surface area (Å²) in [5.74, 6) is 0.0811. The van der Waals surface area contributed by atoms with Crippen LogP contribution in [0.4, 0.5) is 5.95 Å². The van der Waals surface area contributed by atoms with Gasteiger partial charge in [0.05, 0.1) is 12.4 Å². The molecular formula is C12H19N5O2S. The van der Waals surface area contributed by atoms with Crippen molar-refractivity contribution in [2.24, 2.45) is 0 Å². The summed E-state index contributed by atoms with van der Waals surface area (Å²) in [5.41, 5.74) is 5.41.